The maximum atomic E-state index is 13.0. The first kappa shape index (κ1) is 12.6. The normalized spacial score (nSPS) is 10.6. The lowest BCUT2D eigenvalue weighted by Crippen LogP contribution is -1.95. The van der Waals surface area contributed by atoms with E-state index in [2.05, 4.69) is 0 Å². The summed E-state index contributed by atoms with van der Waals surface area (Å²) in [5, 5.41) is 0. The van der Waals surface area contributed by atoms with E-state index >= 15 is 0 Å². The Labute approximate surface area is 106 Å². The van der Waals surface area contributed by atoms with Crippen LogP contribution in [0.5, 0.6) is 0 Å². The summed E-state index contributed by atoms with van der Waals surface area (Å²) < 4.78 is 18.0. The van der Waals surface area contributed by atoms with E-state index in [1.54, 1.807) is 13.2 Å². The number of hydrogen-bond acceptors (Lipinski definition) is 2. The van der Waals surface area contributed by atoms with Crippen LogP contribution in [-0.2, 0) is 11.2 Å². The molecule has 0 aliphatic carbocycles. The van der Waals surface area contributed by atoms with Gasteiger partial charge in [-0.05, 0) is 35.7 Å². The lowest BCUT2D eigenvalue weighted by atomic mass is 10.0. The average Bonchev–Trinajstić information content (AvgIpc) is 2.37. The molecule has 0 aliphatic heterocycles. The fourth-order valence-corrected chi connectivity index (χ4v) is 1.87. The van der Waals surface area contributed by atoms with Crippen molar-refractivity contribution < 1.29 is 9.13 Å². The molecule has 2 aromatic rings. The minimum atomic E-state index is -0.312. The summed E-state index contributed by atoms with van der Waals surface area (Å²) in [5.41, 5.74) is 9.33. The molecule has 2 rings (SSSR count). The van der Waals surface area contributed by atoms with E-state index in [1.165, 1.54) is 17.7 Å². The molecule has 0 amide bonds. The van der Waals surface area contributed by atoms with Gasteiger partial charge in [0.2, 0.25) is 0 Å². The zero-order valence-corrected chi connectivity index (χ0v) is 10.3. The molecule has 0 unspecified atom stereocenters. The summed E-state index contributed by atoms with van der Waals surface area (Å²) in [4.78, 5) is 0. The maximum absolute atomic E-state index is 13.0. The van der Waals surface area contributed by atoms with Crippen molar-refractivity contribution in [1.29, 1.82) is 0 Å². The molecule has 0 radical (unpaired) electrons. The Bertz CT molecular complexity index is 523. The Morgan fingerprint density at radius 3 is 2.44 bits per heavy atom. The van der Waals surface area contributed by atoms with Gasteiger partial charge in [0.25, 0.3) is 0 Å². The molecule has 0 spiro atoms. The number of benzene rings is 2. The topological polar surface area (TPSA) is 35.2 Å². The third kappa shape index (κ3) is 2.87. The SMILES string of the molecule is COCCc1ccc(-c2ccc(F)cc2N)cc1. The Kier molecular flexibility index (Phi) is 3.95. The van der Waals surface area contributed by atoms with Gasteiger partial charge in [-0.3, -0.25) is 0 Å². The van der Waals surface area contributed by atoms with Crippen LogP contribution < -0.4 is 5.73 Å². The summed E-state index contributed by atoms with van der Waals surface area (Å²) in [6.45, 7) is 0.706. The van der Waals surface area contributed by atoms with Crippen molar-refractivity contribution in [2.45, 2.75) is 6.42 Å². The monoisotopic (exact) mass is 245 g/mol. The van der Waals surface area contributed by atoms with Crippen LogP contribution in [0.2, 0.25) is 0 Å². The predicted molar refractivity (Wildman–Crippen MR) is 71.8 cm³/mol. The Balaban J connectivity index is 2.23. The van der Waals surface area contributed by atoms with Gasteiger partial charge in [0.05, 0.1) is 6.61 Å². The number of rotatable bonds is 4. The van der Waals surface area contributed by atoms with Crippen LogP contribution in [0.15, 0.2) is 42.5 Å². The molecule has 94 valence electrons. The average molecular weight is 245 g/mol. The van der Waals surface area contributed by atoms with Gasteiger partial charge in [0.15, 0.2) is 0 Å². The highest BCUT2D eigenvalue weighted by Crippen LogP contribution is 2.26. The third-order valence-electron chi connectivity index (χ3n) is 2.87. The highest BCUT2D eigenvalue weighted by molar-refractivity contribution is 5.76. The maximum Gasteiger partial charge on any atom is 0.125 e. The first-order valence-corrected chi connectivity index (χ1v) is 5.84. The lowest BCUT2D eigenvalue weighted by Gasteiger charge is -2.07. The molecule has 0 bridgehead atoms. The number of halogens is 1. The van der Waals surface area contributed by atoms with Crippen LogP contribution in [0, 0.1) is 5.82 Å². The van der Waals surface area contributed by atoms with Crippen molar-refractivity contribution in [3.8, 4) is 11.1 Å². The van der Waals surface area contributed by atoms with Gasteiger partial charge in [0.1, 0.15) is 5.82 Å². The second kappa shape index (κ2) is 5.65. The van der Waals surface area contributed by atoms with Crippen LogP contribution in [0.4, 0.5) is 10.1 Å². The van der Waals surface area contributed by atoms with Crippen LogP contribution in [0.3, 0.4) is 0 Å². The molecule has 2 N–H and O–H groups in total. The van der Waals surface area contributed by atoms with Crippen molar-refractivity contribution in [2.75, 3.05) is 19.5 Å². The predicted octanol–water partition coefficient (Wildman–Crippen LogP) is 3.26. The van der Waals surface area contributed by atoms with Crippen molar-refractivity contribution in [2.24, 2.45) is 0 Å². The van der Waals surface area contributed by atoms with Crippen molar-refractivity contribution in [3.05, 3.63) is 53.8 Å². The van der Waals surface area contributed by atoms with Crippen molar-refractivity contribution in [3.63, 3.8) is 0 Å². The smallest absolute Gasteiger partial charge is 0.125 e. The van der Waals surface area contributed by atoms with E-state index in [0.29, 0.717) is 12.3 Å². The molecule has 0 saturated carbocycles. The van der Waals surface area contributed by atoms with Gasteiger partial charge in [0, 0.05) is 18.4 Å². The van der Waals surface area contributed by atoms with E-state index in [4.69, 9.17) is 10.5 Å². The Hall–Kier alpha value is -1.87. The third-order valence-corrected chi connectivity index (χ3v) is 2.87. The second-order valence-electron chi connectivity index (χ2n) is 4.17. The highest BCUT2D eigenvalue weighted by Gasteiger charge is 2.03. The van der Waals surface area contributed by atoms with Crippen molar-refractivity contribution in [1.82, 2.24) is 0 Å². The molecule has 3 heteroatoms. The number of anilines is 1. The van der Waals surface area contributed by atoms with E-state index in [9.17, 15) is 4.39 Å². The number of hydrogen-bond donors (Lipinski definition) is 1. The summed E-state index contributed by atoms with van der Waals surface area (Å²) in [7, 11) is 1.69. The van der Waals surface area contributed by atoms with Gasteiger partial charge >= 0.3 is 0 Å². The first-order valence-electron chi connectivity index (χ1n) is 5.84. The fourth-order valence-electron chi connectivity index (χ4n) is 1.87. The lowest BCUT2D eigenvalue weighted by molar-refractivity contribution is 0.202. The van der Waals surface area contributed by atoms with E-state index in [1.807, 2.05) is 24.3 Å². The summed E-state index contributed by atoms with van der Waals surface area (Å²) in [6, 6.07) is 12.5. The van der Waals surface area contributed by atoms with Gasteiger partial charge < -0.3 is 10.5 Å². The minimum absolute atomic E-state index is 0.312. The highest BCUT2D eigenvalue weighted by atomic mass is 19.1. The Morgan fingerprint density at radius 2 is 1.83 bits per heavy atom. The van der Waals surface area contributed by atoms with Gasteiger partial charge in [-0.2, -0.15) is 0 Å². The Morgan fingerprint density at radius 1 is 1.11 bits per heavy atom. The zero-order valence-electron chi connectivity index (χ0n) is 10.3. The molecule has 0 fully saturated rings. The van der Waals surface area contributed by atoms with Crippen molar-refractivity contribution >= 4 is 5.69 Å². The quantitative estimate of drug-likeness (QED) is 0.839. The second-order valence-corrected chi connectivity index (χ2v) is 4.17. The largest absolute Gasteiger partial charge is 0.398 e. The molecule has 0 atom stereocenters. The zero-order chi connectivity index (χ0) is 13.0. The number of methoxy groups -OCH3 is 1. The van der Waals surface area contributed by atoms with Crippen LogP contribution in [-0.4, -0.2) is 13.7 Å². The number of nitrogens with two attached hydrogens (primary N) is 1. The van der Waals surface area contributed by atoms with Gasteiger partial charge in [-0.25, -0.2) is 4.39 Å². The van der Waals surface area contributed by atoms with Crippen LogP contribution in [0.1, 0.15) is 5.56 Å². The number of nitrogen functional groups attached to an aromatic ring is 1. The molecule has 0 aliphatic rings. The molecular weight excluding hydrogens is 229 g/mol. The number of ether oxygens (including phenoxy) is 1. The van der Waals surface area contributed by atoms with E-state index < -0.39 is 0 Å². The first-order chi connectivity index (χ1) is 8.70. The molecule has 0 saturated heterocycles. The molecule has 2 aromatic carbocycles. The molecule has 18 heavy (non-hydrogen) atoms. The summed E-state index contributed by atoms with van der Waals surface area (Å²) >= 11 is 0. The van der Waals surface area contributed by atoms with Crippen LogP contribution in [0.25, 0.3) is 11.1 Å². The molecule has 0 aromatic heterocycles. The van der Waals surface area contributed by atoms with Gasteiger partial charge in [-0.15, -0.1) is 0 Å². The summed E-state index contributed by atoms with van der Waals surface area (Å²) in [5.74, 6) is -0.312. The fraction of sp³-hybridized carbons (Fsp3) is 0.200. The standard InChI is InChI=1S/C15H16FNO/c1-18-9-8-11-2-4-12(5-3-11)14-7-6-13(16)10-15(14)17/h2-7,10H,8-9,17H2,1H3. The summed E-state index contributed by atoms with van der Waals surface area (Å²) in [6.07, 6.45) is 0.885. The molecule has 2 nitrogen and oxygen atoms in total. The van der Waals surface area contributed by atoms with E-state index in [0.717, 1.165) is 17.5 Å². The van der Waals surface area contributed by atoms with Crippen LogP contribution >= 0.6 is 0 Å². The molecule has 0 heterocycles. The minimum Gasteiger partial charge on any atom is -0.398 e. The van der Waals surface area contributed by atoms with E-state index in [-0.39, 0.29) is 5.82 Å². The molecular formula is C15H16FNO. The van der Waals surface area contributed by atoms with Gasteiger partial charge in [-0.1, -0.05) is 24.3 Å².